The van der Waals surface area contributed by atoms with Crippen LogP contribution >= 0.6 is 0 Å². The first-order valence-electron chi connectivity index (χ1n) is 4.71. The van der Waals surface area contributed by atoms with Crippen molar-refractivity contribution >= 4 is 0 Å². The summed E-state index contributed by atoms with van der Waals surface area (Å²) in [5, 5.41) is 0. The van der Waals surface area contributed by atoms with E-state index < -0.39 is 17.2 Å². The molecule has 1 aliphatic rings. The molecular formula is C10H11F3N2. The smallest absolute Gasteiger partial charge is 0.330 e. The Balaban J connectivity index is 2.48. The molecule has 0 bridgehead atoms. The van der Waals surface area contributed by atoms with Crippen molar-refractivity contribution in [2.24, 2.45) is 5.73 Å². The quantitative estimate of drug-likeness (QED) is 0.822. The average molecular weight is 216 g/mol. The SMILES string of the molecule is NCC1(c2cnccc2C(F)(F)F)CC1. The number of hydrogen-bond donors (Lipinski definition) is 1. The van der Waals surface area contributed by atoms with E-state index in [0.717, 1.165) is 18.9 Å². The van der Waals surface area contributed by atoms with Gasteiger partial charge in [0.2, 0.25) is 0 Å². The maximum absolute atomic E-state index is 12.7. The molecule has 1 aromatic heterocycles. The van der Waals surface area contributed by atoms with E-state index in [4.69, 9.17) is 5.73 Å². The molecule has 0 atom stereocenters. The van der Waals surface area contributed by atoms with Crippen molar-refractivity contribution in [1.82, 2.24) is 4.98 Å². The van der Waals surface area contributed by atoms with Crippen LogP contribution in [0.4, 0.5) is 13.2 Å². The third-order valence-corrected chi connectivity index (χ3v) is 2.94. The van der Waals surface area contributed by atoms with Crippen molar-refractivity contribution in [3.63, 3.8) is 0 Å². The summed E-state index contributed by atoms with van der Waals surface area (Å²) in [7, 11) is 0. The van der Waals surface area contributed by atoms with E-state index in [9.17, 15) is 13.2 Å². The van der Waals surface area contributed by atoms with E-state index in [2.05, 4.69) is 4.98 Å². The number of nitrogens with two attached hydrogens (primary N) is 1. The summed E-state index contributed by atoms with van der Waals surface area (Å²) in [5.41, 5.74) is 4.70. The average Bonchev–Trinajstić information content (AvgIpc) is 2.97. The Labute approximate surface area is 85.3 Å². The second-order valence-corrected chi connectivity index (χ2v) is 3.90. The van der Waals surface area contributed by atoms with Gasteiger partial charge >= 0.3 is 6.18 Å². The second kappa shape index (κ2) is 3.20. The van der Waals surface area contributed by atoms with Crippen LogP contribution < -0.4 is 5.73 Å². The van der Waals surface area contributed by atoms with Crippen molar-refractivity contribution in [2.45, 2.75) is 24.4 Å². The lowest BCUT2D eigenvalue weighted by Crippen LogP contribution is -2.24. The Bertz CT molecular complexity index is 369. The minimum Gasteiger partial charge on any atom is -0.330 e. The molecule has 15 heavy (non-hydrogen) atoms. The van der Waals surface area contributed by atoms with Crippen LogP contribution in [0.2, 0.25) is 0 Å². The Kier molecular flexibility index (Phi) is 2.22. The van der Waals surface area contributed by atoms with Crippen LogP contribution in [-0.4, -0.2) is 11.5 Å². The van der Waals surface area contributed by atoms with E-state index in [0.29, 0.717) is 0 Å². The fraction of sp³-hybridized carbons (Fsp3) is 0.500. The molecule has 1 saturated carbocycles. The molecule has 1 aliphatic carbocycles. The fourth-order valence-electron chi connectivity index (χ4n) is 1.80. The summed E-state index contributed by atoms with van der Waals surface area (Å²) >= 11 is 0. The van der Waals surface area contributed by atoms with Crippen molar-refractivity contribution in [1.29, 1.82) is 0 Å². The largest absolute Gasteiger partial charge is 0.416 e. The third kappa shape index (κ3) is 1.71. The fourth-order valence-corrected chi connectivity index (χ4v) is 1.80. The molecule has 2 nitrogen and oxygen atoms in total. The van der Waals surface area contributed by atoms with Gasteiger partial charge in [-0.15, -0.1) is 0 Å². The Morgan fingerprint density at radius 3 is 2.53 bits per heavy atom. The highest BCUT2D eigenvalue weighted by molar-refractivity contribution is 5.38. The molecule has 1 heterocycles. The standard InChI is InChI=1S/C10H11F3N2/c11-10(12,13)7-1-4-15-5-8(7)9(6-14)2-3-9/h1,4-5H,2-3,6,14H2. The molecule has 0 unspecified atom stereocenters. The molecule has 1 fully saturated rings. The van der Waals surface area contributed by atoms with E-state index in [-0.39, 0.29) is 12.1 Å². The number of aromatic nitrogens is 1. The predicted octanol–water partition coefficient (Wildman–Crippen LogP) is 2.09. The summed E-state index contributed by atoms with van der Waals surface area (Å²) in [4.78, 5) is 3.76. The molecule has 1 aromatic rings. The normalized spacial score (nSPS) is 18.9. The molecule has 82 valence electrons. The van der Waals surface area contributed by atoms with Gasteiger partial charge in [-0.3, -0.25) is 4.98 Å². The van der Waals surface area contributed by atoms with E-state index in [1.807, 2.05) is 0 Å². The van der Waals surface area contributed by atoms with Gasteiger partial charge in [0.15, 0.2) is 0 Å². The molecule has 2 rings (SSSR count). The summed E-state index contributed by atoms with van der Waals surface area (Å²) < 4.78 is 38.0. The Morgan fingerprint density at radius 1 is 1.40 bits per heavy atom. The number of halogens is 3. The molecule has 0 saturated heterocycles. The lowest BCUT2D eigenvalue weighted by Gasteiger charge is -2.18. The van der Waals surface area contributed by atoms with Crippen LogP contribution in [0, 0.1) is 0 Å². The zero-order valence-corrected chi connectivity index (χ0v) is 8.01. The van der Waals surface area contributed by atoms with Gasteiger partial charge < -0.3 is 5.73 Å². The van der Waals surface area contributed by atoms with E-state index in [1.165, 1.54) is 12.4 Å². The molecule has 0 aliphatic heterocycles. The van der Waals surface area contributed by atoms with Crippen LogP contribution in [0.3, 0.4) is 0 Å². The van der Waals surface area contributed by atoms with Gasteiger partial charge in [0.25, 0.3) is 0 Å². The topological polar surface area (TPSA) is 38.9 Å². The zero-order chi connectivity index (χ0) is 11.1. The number of nitrogens with zero attached hydrogens (tertiary/aromatic N) is 1. The Hall–Kier alpha value is -1.10. The molecule has 0 aromatic carbocycles. The van der Waals surface area contributed by atoms with Gasteiger partial charge in [0.05, 0.1) is 5.56 Å². The van der Waals surface area contributed by atoms with Crippen LogP contribution in [0.1, 0.15) is 24.0 Å². The number of pyridine rings is 1. The highest BCUT2D eigenvalue weighted by Gasteiger charge is 2.48. The van der Waals surface area contributed by atoms with Crippen LogP contribution in [0.25, 0.3) is 0 Å². The molecule has 2 N–H and O–H groups in total. The molecule has 0 amide bonds. The minimum atomic E-state index is -4.32. The van der Waals surface area contributed by atoms with Crippen LogP contribution in [0.5, 0.6) is 0 Å². The Morgan fingerprint density at radius 2 is 2.07 bits per heavy atom. The van der Waals surface area contributed by atoms with Gasteiger partial charge in [-0.2, -0.15) is 13.2 Å². The van der Waals surface area contributed by atoms with Gasteiger partial charge in [-0.1, -0.05) is 0 Å². The second-order valence-electron chi connectivity index (χ2n) is 3.90. The first-order valence-corrected chi connectivity index (χ1v) is 4.71. The highest BCUT2D eigenvalue weighted by atomic mass is 19.4. The van der Waals surface area contributed by atoms with Gasteiger partial charge in [-0.05, 0) is 24.5 Å². The number of hydrogen-bond acceptors (Lipinski definition) is 2. The monoisotopic (exact) mass is 216 g/mol. The van der Waals surface area contributed by atoms with E-state index >= 15 is 0 Å². The number of alkyl halides is 3. The van der Waals surface area contributed by atoms with Gasteiger partial charge in [0, 0.05) is 24.4 Å². The molecule has 0 radical (unpaired) electrons. The van der Waals surface area contributed by atoms with Crippen molar-refractivity contribution in [2.75, 3.05) is 6.54 Å². The molecule has 0 spiro atoms. The van der Waals surface area contributed by atoms with Crippen LogP contribution in [0.15, 0.2) is 18.5 Å². The first-order chi connectivity index (χ1) is 6.99. The lowest BCUT2D eigenvalue weighted by molar-refractivity contribution is -0.138. The first kappa shape index (κ1) is 10.4. The van der Waals surface area contributed by atoms with Crippen molar-refractivity contribution in [3.8, 4) is 0 Å². The summed E-state index contributed by atoms with van der Waals surface area (Å²) in [6.45, 7) is 0.252. The minimum absolute atomic E-state index is 0.250. The van der Waals surface area contributed by atoms with E-state index in [1.54, 1.807) is 0 Å². The molecular weight excluding hydrogens is 205 g/mol. The summed E-state index contributed by atoms with van der Waals surface area (Å²) in [6, 6.07) is 1.02. The summed E-state index contributed by atoms with van der Waals surface area (Å²) in [6.07, 6.45) is -0.415. The predicted molar refractivity (Wildman–Crippen MR) is 49.2 cm³/mol. The maximum Gasteiger partial charge on any atom is 0.416 e. The highest BCUT2D eigenvalue weighted by Crippen LogP contribution is 2.50. The van der Waals surface area contributed by atoms with Crippen molar-refractivity contribution in [3.05, 3.63) is 29.6 Å². The van der Waals surface area contributed by atoms with Gasteiger partial charge in [-0.25, -0.2) is 0 Å². The van der Waals surface area contributed by atoms with Crippen molar-refractivity contribution < 1.29 is 13.2 Å². The van der Waals surface area contributed by atoms with Crippen LogP contribution in [-0.2, 0) is 11.6 Å². The molecule has 5 heteroatoms. The number of rotatable bonds is 2. The zero-order valence-electron chi connectivity index (χ0n) is 8.01. The lowest BCUT2D eigenvalue weighted by atomic mass is 9.93. The summed E-state index contributed by atoms with van der Waals surface area (Å²) in [5.74, 6) is 0. The van der Waals surface area contributed by atoms with Gasteiger partial charge in [0.1, 0.15) is 0 Å². The third-order valence-electron chi connectivity index (χ3n) is 2.94. The maximum atomic E-state index is 12.7.